The van der Waals surface area contributed by atoms with Crippen LogP contribution in [0, 0.1) is 0 Å². The zero-order valence-corrected chi connectivity index (χ0v) is 11.8. The van der Waals surface area contributed by atoms with E-state index >= 15 is 0 Å². The lowest BCUT2D eigenvalue weighted by atomic mass is 10.1. The van der Waals surface area contributed by atoms with Crippen LogP contribution in [-0.2, 0) is 4.79 Å². The summed E-state index contributed by atoms with van der Waals surface area (Å²) in [4.78, 5) is 12.0. The molecule has 98 valence electrons. The predicted octanol–water partition coefficient (Wildman–Crippen LogP) is 2.11. The van der Waals surface area contributed by atoms with Crippen LogP contribution < -0.4 is 5.32 Å². The van der Waals surface area contributed by atoms with E-state index in [1.54, 1.807) is 11.8 Å². The van der Waals surface area contributed by atoms with Gasteiger partial charge < -0.3 is 10.4 Å². The van der Waals surface area contributed by atoms with Crippen molar-refractivity contribution < 1.29 is 9.90 Å². The summed E-state index contributed by atoms with van der Waals surface area (Å²) in [5.74, 6) is 0.0295. The van der Waals surface area contributed by atoms with Crippen molar-refractivity contribution in [2.75, 3.05) is 12.9 Å². The topological polar surface area (TPSA) is 49.3 Å². The summed E-state index contributed by atoms with van der Waals surface area (Å²) in [6.07, 6.45) is 6.50. The monoisotopic (exact) mass is 257 g/mol. The normalized spacial score (nSPS) is 18.9. The van der Waals surface area contributed by atoms with Crippen LogP contribution in [0.4, 0.5) is 0 Å². The molecule has 1 aliphatic rings. The second-order valence-electron chi connectivity index (χ2n) is 4.65. The first-order valence-corrected chi connectivity index (χ1v) is 7.52. The third-order valence-electron chi connectivity index (χ3n) is 3.48. The quantitative estimate of drug-likeness (QED) is 0.742. The highest BCUT2D eigenvalue weighted by molar-refractivity contribution is 7.99. The van der Waals surface area contributed by atoms with Crippen molar-refractivity contribution >= 4 is 17.7 Å². The molecule has 0 saturated heterocycles. The van der Waals surface area contributed by atoms with E-state index in [2.05, 4.69) is 5.32 Å². The fraction of sp³-hybridized carbons (Fsp3) is 0.769. The van der Waals surface area contributed by atoms with Crippen molar-refractivity contribution in [3.8, 4) is 0 Å². The summed E-state index contributed by atoms with van der Waals surface area (Å²) >= 11 is 1.58. The summed E-state index contributed by atoms with van der Waals surface area (Å²) in [7, 11) is 0. The summed E-state index contributed by atoms with van der Waals surface area (Å²) in [5, 5.41) is 12.2. The molecule has 0 bridgehead atoms. The Morgan fingerprint density at radius 2 is 2.06 bits per heavy atom. The average Bonchev–Trinajstić information content (AvgIpc) is 2.83. The average molecular weight is 257 g/mol. The molecular formula is C13H23NO2S. The van der Waals surface area contributed by atoms with Gasteiger partial charge in [0.2, 0.25) is 5.91 Å². The maximum absolute atomic E-state index is 12.0. The Bertz CT molecular complexity index is 290. The van der Waals surface area contributed by atoms with Gasteiger partial charge in [0, 0.05) is 16.9 Å². The smallest absolute Gasteiger partial charge is 0.247 e. The van der Waals surface area contributed by atoms with Gasteiger partial charge in [-0.3, -0.25) is 4.79 Å². The lowest BCUT2D eigenvalue weighted by molar-refractivity contribution is -0.118. The maximum atomic E-state index is 12.0. The molecule has 0 aromatic heterocycles. The molecule has 2 atom stereocenters. The highest BCUT2D eigenvalue weighted by Crippen LogP contribution is 2.26. The number of hydrogen-bond acceptors (Lipinski definition) is 3. The summed E-state index contributed by atoms with van der Waals surface area (Å²) in [5.41, 5.74) is 2.19. The van der Waals surface area contributed by atoms with Crippen molar-refractivity contribution in [1.82, 2.24) is 5.32 Å². The van der Waals surface area contributed by atoms with Crippen LogP contribution in [0.2, 0.25) is 0 Å². The minimum atomic E-state index is -0.000506. The van der Waals surface area contributed by atoms with Gasteiger partial charge in [0.05, 0.1) is 6.61 Å². The van der Waals surface area contributed by atoms with E-state index in [4.69, 9.17) is 0 Å². The van der Waals surface area contributed by atoms with Crippen molar-refractivity contribution in [3.05, 3.63) is 11.1 Å². The van der Waals surface area contributed by atoms with Crippen LogP contribution in [0.15, 0.2) is 11.1 Å². The maximum Gasteiger partial charge on any atom is 0.247 e. The number of hydrogen-bond donors (Lipinski definition) is 2. The zero-order chi connectivity index (χ0) is 12.8. The van der Waals surface area contributed by atoms with E-state index in [-0.39, 0.29) is 23.8 Å². The molecule has 3 nitrogen and oxygen atoms in total. The van der Waals surface area contributed by atoms with Crippen LogP contribution in [-0.4, -0.2) is 35.2 Å². The van der Waals surface area contributed by atoms with Crippen LogP contribution in [0.5, 0.6) is 0 Å². The van der Waals surface area contributed by atoms with Crippen LogP contribution in [0.1, 0.15) is 39.5 Å². The highest BCUT2D eigenvalue weighted by atomic mass is 32.2. The second-order valence-corrected chi connectivity index (χ2v) is 5.73. The fourth-order valence-corrected chi connectivity index (χ4v) is 2.81. The number of amides is 1. The fourth-order valence-electron chi connectivity index (χ4n) is 2.18. The second kappa shape index (κ2) is 7.07. The van der Waals surface area contributed by atoms with Crippen molar-refractivity contribution in [2.24, 2.45) is 0 Å². The van der Waals surface area contributed by atoms with Gasteiger partial charge in [0.15, 0.2) is 0 Å². The molecule has 1 amide bonds. The molecule has 0 spiro atoms. The molecule has 0 radical (unpaired) electrons. The van der Waals surface area contributed by atoms with Crippen molar-refractivity contribution in [2.45, 2.75) is 50.8 Å². The van der Waals surface area contributed by atoms with Gasteiger partial charge in [-0.2, -0.15) is 11.8 Å². The first-order chi connectivity index (χ1) is 8.10. The van der Waals surface area contributed by atoms with Crippen LogP contribution >= 0.6 is 11.8 Å². The number of rotatable bonds is 5. The summed E-state index contributed by atoms with van der Waals surface area (Å²) in [6.45, 7) is 3.95. The van der Waals surface area contributed by atoms with Crippen molar-refractivity contribution in [3.63, 3.8) is 0 Å². The lowest BCUT2D eigenvalue weighted by Gasteiger charge is -2.21. The molecule has 0 aliphatic heterocycles. The van der Waals surface area contributed by atoms with Gasteiger partial charge in [-0.1, -0.05) is 5.57 Å². The molecule has 4 heteroatoms. The van der Waals surface area contributed by atoms with Crippen LogP contribution in [0.3, 0.4) is 0 Å². The minimum Gasteiger partial charge on any atom is -0.395 e. The highest BCUT2D eigenvalue weighted by Gasteiger charge is 2.20. The van der Waals surface area contributed by atoms with E-state index < -0.39 is 0 Å². The van der Waals surface area contributed by atoms with Crippen LogP contribution in [0.25, 0.3) is 0 Å². The molecule has 0 aromatic rings. The van der Waals surface area contributed by atoms with E-state index in [9.17, 15) is 9.90 Å². The number of thioether (sulfide) groups is 1. The number of aliphatic hydroxyl groups excluding tert-OH is 1. The molecule has 0 unspecified atom stereocenters. The van der Waals surface area contributed by atoms with E-state index in [0.717, 1.165) is 18.4 Å². The number of allylic oxidation sites excluding steroid dienone is 1. The summed E-state index contributed by atoms with van der Waals surface area (Å²) < 4.78 is 0. The SMILES string of the molecule is CS[C@H](CO)[C@H](C)NC(=O)C(C)=C1CCCC1. The van der Waals surface area contributed by atoms with Gasteiger partial charge in [0.25, 0.3) is 0 Å². The molecule has 17 heavy (non-hydrogen) atoms. The molecule has 0 aromatic carbocycles. The van der Waals surface area contributed by atoms with Gasteiger partial charge in [-0.15, -0.1) is 0 Å². The standard InChI is InChI=1S/C13H23NO2S/c1-9(11-6-4-5-7-11)13(16)14-10(2)12(8-15)17-3/h10,12,15H,4-8H2,1-3H3,(H,14,16)/t10-,12+/m0/s1. The van der Waals surface area contributed by atoms with Gasteiger partial charge in [-0.05, 0) is 45.8 Å². The molecule has 1 aliphatic carbocycles. The number of nitrogens with one attached hydrogen (secondary N) is 1. The van der Waals surface area contributed by atoms with E-state index in [0.29, 0.717) is 0 Å². The lowest BCUT2D eigenvalue weighted by Crippen LogP contribution is -2.41. The number of carbonyl (C=O) groups excluding carboxylic acids is 1. The molecular weight excluding hydrogens is 234 g/mol. The molecule has 0 heterocycles. The Hall–Kier alpha value is -0.480. The van der Waals surface area contributed by atoms with Gasteiger partial charge in [0.1, 0.15) is 0 Å². The minimum absolute atomic E-state index is 0.000506. The van der Waals surface area contributed by atoms with Crippen molar-refractivity contribution in [1.29, 1.82) is 0 Å². The number of carbonyl (C=O) groups is 1. The Morgan fingerprint density at radius 1 is 1.47 bits per heavy atom. The predicted molar refractivity (Wildman–Crippen MR) is 73.2 cm³/mol. The Morgan fingerprint density at radius 3 is 2.53 bits per heavy atom. The third-order valence-corrected chi connectivity index (χ3v) is 4.64. The first kappa shape index (κ1) is 14.6. The largest absolute Gasteiger partial charge is 0.395 e. The number of aliphatic hydroxyl groups is 1. The summed E-state index contributed by atoms with van der Waals surface area (Å²) in [6, 6.07) is -0.000506. The van der Waals surface area contributed by atoms with E-state index in [1.807, 2.05) is 20.1 Å². The Balaban J connectivity index is 2.56. The first-order valence-electron chi connectivity index (χ1n) is 6.23. The molecule has 1 rings (SSSR count). The molecule has 2 N–H and O–H groups in total. The van der Waals surface area contributed by atoms with E-state index in [1.165, 1.54) is 18.4 Å². The van der Waals surface area contributed by atoms with Gasteiger partial charge >= 0.3 is 0 Å². The molecule has 1 saturated carbocycles. The Labute approximate surface area is 108 Å². The zero-order valence-electron chi connectivity index (χ0n) is 11.0. The van der Waals surface area contributed by atoms with Gasteiger partial charge in [-0.25, -0.2) is 0 Å². The third kappa shape index (κ3) is 4.03. The molecule has 1 fully saturated rings. The Kier molecular flexibility index (Phi) is 6.06.